The van der Waals surface area contributed by atoms with E-state index in [1.54, 1.807) is 12.4 Å². The number of anilines is 2. The van der Waals surface area contributed by atoms with E-state index in [1.165, 1.54) is 18.9 Å². The number of hydrogen-bond donors (Lipinski definition) is 0. The summed E-state index contributed by atoms with van der Waals surface area (Å²) in [6.07, 6.45) is 5.74. The molecule has 4 aromatic rings. The van der Waals surface area contributed by atoms with Gasteiger partial charge in [0.1, 0.15) is 18.2 Å². The number of fused-ring (bicyclic) bond motifs is 3. The van der Waals surface area contributed by atoms with Gasteiger partial charge in [-0.05, 0) is 57.3 Å². The van der Waals surface area contributed by atoms with Crippen molar-refractivity contribution in [3.8, 4) is 6.01 Å². The standard InChI is InChI=1S/C31H35F2N7O/c1-20-15-39-19-34-29(33)27(39)17-40(20)30-23-12-14-38(26-11-6-8-21-7-5-10-24(32)28(21)26)16-25(23)35-31(36-30)41-18-22-9-3-4-13-37(22)2/h5-8,10-11,19-20,22H,3-4,9,12-18H2,1-2H3/t20-,22+/m1/s1. The number of aromatic nitrogens is 4. The molecule has 0 saturated carbocycles. The molecule has 0 radical (unpaired) electrons. The summed E-state index contributed by atoms with van der Waals surface area (Å²) in [4.78, 5) is 20.5. The number of imidazole rings is 1. The van der Waals surface area contributed by atoms with Crippen molar-refractivity contribution in [2.75, 3.05) is 36.5 Å². The molecule has 7 rings (SSSR count). The van der Waals surface area contributed by atoms with Crippen LogP contribution in [-0.4, -0.2) is 63.2 Å². The Morgan fingerprint density at radius 2 is 1.88 bits per heavy atom. The van der Waals surface area contributed by atoms with Gasteiger partial charge in [-0.25, -0.2) is 9.37 Å². The number of ether oxygens (including phenoxy) is 1. The van der Waals surface area contributed by atoms with Gasteiger partial charge in [0.2, 0.25) is 5.95 Å². The van der Waals surface area contributed by atoms with Crippen LogP contribution < -0.4 is 14.5 Å². The van der Waals surface area contributed by atoms with Crippen LogP contribution in [0.4, 0.5) is 20.3 Å². The molecule has 8 nitrogen and oxygen atoms in total. The van der Waals surface area contributed by atoms with Gasteiger partial charge in [0.05, 0.1) is 30.8 Å². The molecule has 10 heteroatoms. The van der Waals surface area contributed by atoms with Crippen molar-refractivity contribution in [1.29, 1.82) is 0 Å². The van der Waals surface area contributed by atoms with Gasteiger partial charge >= 0.3 is 6.01 Å². The summed E-state index contributed by atoms with van der Waals surface area (Å²) >= 11 is 0. The number of likely N-dealkylation sites (tertiary alicyclic amines) is 1. The molecular weight excluding hydrogens is 524 g/mol. The first-order chi connectivity index (χ1) is 20.0. The molecule has 41 heavy (non-hydrogen) atoms. The first-order valence-corrected chi connectivity index (χ1v) is 14.6. The normalized spacial score (nSPS) is 21.2. The lowest BCUT2D eigenvalue weighted by molar-refractivity contribution is 0.119. The fourth-order valence-corrected chi connectivity index (χ4v) is 6.64. The Bertz CT molecular complexity index is 1590. The maximum Gasteiger partial charge on any atom is 0.318 e. The largest absolute Gasteiger partial charge is 0.462 e. The van der Waals surface area contributed by atoms with Crippen LogP contribution in [0.5, 0.6) is 6.01 Å². The Balaban J connectivity index is 1.26. The molecule has 214 valence electrons. The number of hydrogen-bond acceptors (Lipinski definition) is 7. The predicted octanol–water partition coefficient (Wildman–Crippen LogP) is 4.94. The second-order valence-electron chi connectivity index (χ2n) is 11.6. The molecule has 5 heterocycles. The number of halogens is 2. The molecule has 0 spiro atoms. The molecule has 1 saturated heterocycles. The summed E-state index contributed by atoms with van der Waals surface area (Å²) in [7, 11) is 2.14. The van der Waals surface area contributed by atoms with Crippen LogP contribution >= 0.6 is 0 Å². The lowest BCUT2D eigenvalue weighted by atomic mass is 10.0. The summed E-state index contributed by atoms with van der Waals surface area (Å²) in [6.45, 7) is 5.90. The summed E-state index contributed by atoms with van der Waals surface area (Å²) in [5.74, 6) is 0.129. The Morgan fingerprint density at radius 3 is 2.73 bits per heavy atom. The minimum Gasteiger partial charge on any atom is -0.462 e. The average molecular weight is 560 g/mol. The van der Waals surface area contributed by atoms with E-state index in [0.29, 0.717) is 62.3 Å². The first-order valence-electron chi connectivity index (χ1n) is 14.6. The van der Waals surface area contributed by atoms with Crippen LogP contribution in [-0.2, 0) is 26.1 Å². The van der Waals surface area contributed by atoms with E-state index in [0.717, 1.165) is 41.1 Å². The van der Waals surface area contributed by atoms with Crippen molar-refractivity contribution < 1.29 is 13.5 Å². The van der Waals surface area contributed by atoms with Crippen LogP contribution in [0, 0.1) is 11.8 Å². The Morgan fingerprint density at radius 1 is 1.02 bits per heavy atom. The van der Waals surface area contributed by atoms with Gasteiger partial charge in [-0.3, -0.25) is 0 Å². The maximum atomic E-state index is 15.0. The van der Waals surface area contributed by atoms with Gasteiger partial charge in [-0.1, -0.05) is 30.7 Å². The molecule has 0 amide bonds. The van der Waals surface area contributed by atoms with Crippen LogP contribution in [0.2, 0.25) is 0 Å². The first kappa shape index (κ1) is 26.1. The zero-order valence-corrected chi connectivity index (χ0v) is 23.6. The van der Waals surface area contributed by atoms with Gasteiger partial charge in [0.15, 0.2) is 0 Å². The minimum atomic E-state index is -0.439. The van der Waals surface area contributed by atoms with E-state index in [-0.39, 0.29) is 11.9 Å². The van der Waals surface area contributed by atoms with Crippen molar-refractivity contribution in [3.05, 3.63) is 71.4 Å². The highest BCUT2D eigenvalue weighted by molar-refractivity contribution is 5.95. The fraction of sp³-hybridized carbons (Fsp3) is 0.452. The van der Waals surface area contributed by atoms with Crippen molar-refractivity contribution in [1.82, 2.24) is 24.4 Å². The monoisotopic (exact) mass is 559 g/mol. The van der Waals surface area contributed by atoms with E-state index < -0.39 is 5.95 Å². The van der Waals surface area contributed by atoms with Gasteiger partial charge in [0, 0.05) is 41.8 Å². The second kappa shape index (κ2) is 10.6. The molecule has 2 aromatic carbocycles. The Kier molecular flexibility index (Phi) is 6.73. The van der Waals surface area contributed by atoms with E-state index in [9.17, 15) is 4.39 Å². The van der Waals surface area contributed by atoms with E-state index in [4.69, 9.17) is 14.7 Å². The van der Waals surface area contributed by atoms with Crippen molar-refractivity contribution >= 4 is 22.3 Å². The number of likely N-dealkylation sites (N-methyl/N-ethyl adjacent to an activating group) is 1. The number of nitrogens with zero attached hydrogens (tertiary/aromatic N) is 7. The summed E-state index contributed by atoms with van der Waals surface area (Å²) < 4.78 is 37.8. The molecule has 2 aromatic heterocycles. The third kappa shape index (κ3) is 4.77. The van der Waals surface area contributed by atoms with Crippen molar-refractivity contribution in [3.63, 3.8) is 0 Å². The second-order valence-corrected chi connectivity index (χ2v) is 11.6. The lowest BCUT2D eigenvalue weighted by Crippen LogP contribution is -2.43. The molecular formula is C31H35F2N7O. The maximum absolute atomic E-state index is 15.0. The van der Waals surface area contributed by atoms with Gasteiger partial charge in [0.25, 0.3) is 0 Å². The number of benzene rings is 2. The lowest BCUT2D eigenvalue weighted by Gasteiger charge is -2.39. The number of rotatable bonds is 5. The molecule has 3 aliphatic heterocycles. The SMILES string of the molecule is C[C@@H]1Cn2cnc(F)c2CN1c1nc(OC[C@@H]2CCCCN2C)nc2c1CCN(c1cccc3cccc(F)c13)C2. The van der Waals surface area contributed by atoms with E-state index >= 15 is 4.39 Å². The van der Waals surface area contributed by atoms with Crippen molar-refractivity contribution in [2.24, 2.45) is 0 Å². The minimum absolute atomic E-state index is 0.0811. The summed E-state index contributed by atoms with van der Waals surface area (Å²) in [6, 6.07) is 11.8. The molecule has 0 N–H and O–H groups in total. The van der Waals surface area contributed by atoms with Gasteiger partial charge in [-0.15, -0.1) is 0 Å². The van der Waals surface area contributed by atoms with Gasteiger partial charge in [-0.2, -0.15) is 14.4 Å². The smallest absolute Gasteiger partial charge is 0.318 e. The fourth-order valence-electron chi connectivity index (χ4n) is 6.64. The Hall–Kier alpha value is -3.79. The quantitative estimate of drug-likeness (QED) is 0.343. The molecule has 0 unspecified atom stereocenters. The van der Waals surface area contributed by atoms with Crippen LogP contribution in [0.3, 0.4) is 0 Å². The molecule has 0 bridgehead atoms. The van der Waals surface area contributed by atoms with Crippen LogP contribution in [0.15, 0.2) is 42.7 Å². The average Bonchev–Trinajstić information content (AvgIpc) is 3.34. The highest BCUT2D eigenvalue weighted by Crippen LogP contribution is 2.37. The zero-order valence-electron chi connectivity index (χ0n) is 23.6. The summed E-state index contributed by atoms with van der Waals surface area (Å²) in [5.41, 5.74) is 3.33. The predicted molar refractivity (Wildman–Crippen MR) is 154 cm³/mol. The topological polar surface area (TPSA) is 62.6 Å². The summed E-state index contributed by atoms with van der Waals surface area (Å²) in [5, 5.41) is 1.50. The Labute approximate surface area is 238 Å². The van der Waals surface area contributed by atoms with E-state index in [2.05, 4.69) is 33.7 Å². The number of piperidine rings is 1. The molecule has 0 aliphatic carbocycles. The third-order valence-corrected chi connectivity index (χ3v) is 9.00. The van der Waals surface area contributed by atoms with Crippen LogP contribution in [0.25, 0.3) is 10.8 Å². The van der Waals surface area contributed by atoms with Crippen LogP contribution in [0.1, 0.15) is 43.1 Å². The molecule has 3 aliphatic rings. The third-order valence-electron chi connectivity index (χ3n) is 9.00. The van der Waals surface area contributed by atoms with E-state index in [1.807, 2.05) is 28.8 Å². The molecule has 1 fully saturated rings. The highest BCUT2D eigenvalue weighted by atomic mass is 19.1. The van der Waals surface area contributed by atoms with Crippen molar-refractivity contribution in [2.45, 2.75) is 64.3 Å². The highest BCUT2D eigenvalue weighted by Gasteiger charge is 2.33. The zero-order chi connectivity index (χ0) is 28.1. The van der Waals surface area contributed by atoms with Gasteiger partial charge < -0.3 is 24.0 Å². The molecule has 2 atom stereocenters.